The zero-order chi connectivity index (χ0) is 12.9. The van der Waals surface area contributed by atoms with E-state index in [0.717, 1.165) is 31.1 Å². The van der Waals surface area contributed by atoms with Gasteiger partial charge in [-0.15, -0.1) is 0 Å². The highest BCUT2D eigenvalue weighted by atomic mass is 15.1. The fraction of sp³-hybridized carbons (Fsp3) is 0.929. The van der Waals surface area contributed by atoms with Crippen LogP contribution in [0.15, 0.2) is 0 Å². The first-order valence-corrected chi connectivity index (χ1v) is 6.87. The lowest BCUT2D eigenvalue weighted by atomic mass is 9.88. The molecule has 3 atom stereocenters. The minimum atomic E-state index is -0.635. The van der Waals surface area contributed by atoms with Crippen LogP contribution in [0.5, 0.6) is 0 Å². The molecule has 0 aliphatic carbocycles. The third kappa shape index (κ3) is 5.06. The second kappa shape index (κ2) is 6.37. The van der Waals surface area contributed by atoms with Gasteiger partial charge in [-0.2, -0.15) is 5.26 Å². The largest absolute Gasteiger partial charge is 0.314 e. The van der Waals surface area contributed by atoms with E-state index in [0.29, 0.717) is 0 Å². The van der Waals surface area contributed by atoms with Crippen molar-refractivity contribution in [2.45, 2.75) is 52.0 Å². The molecule has 1 saturated heterocycles. The van der Waals surface area contributed by atoms with Crippen LogP contribution in [-0.2, 0) is 0 Å². The van der Waals surface area contributed by atoms with Crippen molar-refractivity contribution in [3.63, 3.8) is 0 Å². The zero-order valence-electron chi connectivity index (χ0n) is 11.6. The van der Waals surface area contributed by atoms with Crippen LogP contribution in [0, 0.1) is 23.2 Å². The Balaban J connectivity index is 2.14. The van der Waals surface area contributed by atoms with Crippen molar-refractivity contribution in [2.24, 2.45) is 17.6 Å². The zero-order valence-corrected chi connectivity index (χ0v) is 11.6. The molecule has 1 fully saturated rings. The van der Waals surface area contributed by atoms with Crippen molar-refractivity contribution in [1.82, 2.24) is 4.90 Å². The molecule has 1 aliphatic rings. The van der Waals surface area contributed by atoms with Crippen LogP contribution in [-0.4, -0.2) is 30.1 Å². The highest BCUT2D eigenvalue weighted by Gasteiger charge is 2.22. The number of nitriles is 1. The van der Waals surface area contributed by atoms with E-state index in [-0.39, 0.29) is 0 Å². The molecule has 1 heterocycles. The summed E-state index contributed by atoms with van der Waals surface area (Å²) in [6.45, 7) is 10.2. The van der Waals surface area contributed by atoms with Crippen LogP contribution >= 0.6 is 0 Å². The van der Waals surface area contributed by atoms with E-state index in [1.54, 1.807) is 0 Å². The van der Waals surface area contributed by atoms with Gasteiger partial charge >= 0.3 is 0 Å². The van der Waals surface area contributed by atoms with Gasteiger partial charge in [-0.1, -0.05) is 13.8 Å². The molecular formula is C14H27N3. The second-order valence-corrected chi connectivity index (χ2v) is 6.03. The molecule has 3 unspecified atom stereocenters. The summed E-state index contributed by atoms with van der Waals surface area (Å²) in [5.41, 5.74) is 5.17. The standard InChI is InChI=1S/C14H27N3/c1-12-6-9-17(10-13(12)2)8-5-4-7-14(3,16)11-15/h12-13H,4-10,16H2,1-3H3. The number of hydrogen-bond donors (Lipinski definition) is 1. The van der Waals surface area contributed by atoms with E-state index in [2.05, 4.69) is 24.8 Å². The van der Waals surface area contributed by atoms with Gasteiger partial charge in [0.05, 0.1) is 6.07 Å². The topological polar surface area (TPSA) is 53.0 Å². The summed E-state index contributed by atoms with van der Waals surface area (Å²) < 4.78 is 0. The molecule has 0 saturated carbocycles. The van der Waals surface area contributed by atoms with Crippen molar-refractivity contribution < 1.29 is 0 Å². The Kier molecular flexibility index (Phi) is 5.42. The van der Waals surface area contributed by atoms with E-state index in [4.69, 9.17) is 11.0 Å². The summed E-state index contributed by atoms with van der Waals surface area (Å²) >= 11 is 0. The molecule has 0 amide bonds. The quantitative estimate of drug-likeness (QED) is 0.747. The Bertz CT molecular complexity index is 267. The Morgan fingerprint density at radius 3 is 2.65 bits per heavy atom. The molecule has 1 rings (SSSR count). The first-order valence-electron chi connectivity index (χ1n) is 6.87. The molecule has 3 nitrogen and oxygen atoms in total. The summed E-state index contributed by atoms with van der Waals surface area (Å²) in [5, 5.41) is 8.82. The van der Waals surface area contributed by atoms with Gasteiger partial charge in [-0.3, -0.25) is 0 Å². The summed E-state index contributed by atoms with van der Waals surface area (Å²) in [4.78, 5) is 2.56. The Morgan fingerprint density at radius 2 is 2.06 bits per heavy atom. The minimum Gasteiger partial charge on any atom is -0.314 e. The lowest BCUT2D eigenvalue weighted by molar-refractivity contribution is 0.136. The molecule has 2 N–H and O–H groups in total. The summed E-state index contributed by atoms with van der Waals surface area (Å²) in [5.74, 6) is 1.69. The maximum absolute atomic E-state index is 8.82. The predicted octanol–water partition coefficient (Wildman–Crippen LogP) is 2.38. The maximum atomic E-state index is 8.82. The fourth-order valence-electron chi connectivity index (χ4n) is 2.44. The van der Waals surface area contributed by atoms with Crippen molar-refractivity contribution in [3.05, 3.63) is 0 Å². The highest BCUT2D eigenvalue weighted by molar-refractivity contribution is 5.00. The molecule has 0 bridgehead atoms. The van der Waals surface area contributed by atoms with Gasteiger partial charge < -0.3 is 10.6 Å². The van der Waals surface area contributed by atoms with Gasteiger partial charge in [0, 0.05) is 6.54 Å². The molecule has 0 aromatic carbocycles. The lowest BCUT2D eigenvalue weighted by Gasteiger charge is -2.35. The van der Waals surface area contributed by atoms with E-state index >= 15 is 0 Å². The van der Waals surface area contributed by atoms with Crippen molar-refractivity contribution in [3.8, 4) is 6.07 Å². The number of unbranched alkanes of at least 4 members (excludes halogenated alkanes) is 1. The van der Waals surface area contributed by atoms with Crippen molar-refractivity contribution >= 4 is 0 Å². The van der Waals surface area contributed by atoms with Gasteiger partial charge in [-0.05, 0) is 57.5 Å². The Morgan fingerprint density at radius 1 is 1.35 bits per heavy atom. The van der Waals surface area contributed by atoms with Gasteiger partial charge in [-0.25, -0.2) is 0 Å². The highest BCUT2D eigenvalue weighted by Crippen LogP contribution is 2.22. The molecule has 0 aromatic heterocycles. The molecule has 3 heteroatoms. The summed E-state index contributed by atoms with van der Waals surface area (Å²) in [6, 6.07) is 2.16. The van der Waals surface area contributed by atoms with Gasteiger partial charge in [0.15, 0.2) is 0 Å². The SMILES string of the molecule is CC1CCN(CCCCC(C)(N)C#N)CC1C. The summed E-state index contributed by atoms with van der Waals surface area (Å²) in [7, 11) is 0. The first kappa shape index (κ1) is 14.5. The Labute approximate surface area is 106 Å². The van der Waals surface area contributed by atoms with Crippen LogP contribution in [0.1, 0.15) is 46.5 Å². The number of hydrogen-bond acceptors (Lipinski definition) is 3. The first-order chi connectivity index (χ1) is 7.94. The molecule has 1 aliphatic heterocycles. The number of nitrogens with zero attached hydrogens (tertiary/aromatic N) is 2. The van der Waals surface area contributed by atoms with E-state index in [9.17, 15) is 0 Å². The van der Waals surface area contributed by atoms with Crippen LogP contribution in [0.3, 0.4) is 0 Å². The van der Waals surface area contributed by atoms with E-state index < -0.39 is 5.54 Å². The fourth-order valence-corrected chi connectivity index (χ4v) is 2.44. The van der Waals surface area contributed by atoms with Crippen LogP contribution in [0.4, 0.5) is 0 Å². The van der Waals surface area contributed by atoms with E-state index in [1.165, 1.54) is 26.1 Å². The lowest BCUT2D eigenvalue weighted by Crippen LogP contribution is -2.39. The molecule has 0 aromatic rings. The van der Waals surface area contributed by atoms with E-state index in [1.807, 2.05) is 6.92 Å². The average Bonchev–Trinajstić information content (AvgIpc) is 2.29. The summed E-state index contributed by atoms with van der Waals surface area (Å²) in [6.07, 6.45) is 4.35. The third-order valence-electron chi connectivity index (χ3n) is 4.09. The van der Waals surface area contributed by atoms with Gasteiger partial charge in [0.25, 0.3) is 0 Å². The third-order valence-corrected chi connectivity index (χ3v) is 4.09. The van der Waals surface area contributed by atoms with Gasteiger partial charge in [0.2, 0.25) is 0 Å². The van der Waals surface area contributed by atoms with Crippen molar-refractivity contribution in [2.75, 3.05) is 19.6 Å². The monoisotopic (exact) mass is 237 g/mol. The second-order valence-electron chi connectivity index (χ2n) is 6.03. The molecule has 98 valence electrons. The van der Waals surface area contributed by atoms with Crippen LogP contribution < -0.4 is 5.73 Å². The van der Waals surface area contributed by atoms with Crippen molar-refractivity contribution in [1.29, 1.82) is 5.26 Å². The van der Waals surface area contributed by atoms with Crippen LogP contribution in [0.2, 0.25) is 0 Å². The van der Waals surface area contributed by atoms with Gasteiger partial charge in [0.1, 0.15) is 5.54 Å². The molecular weight excluding hydrogens is 210 g/mol. The average molecular weight is 237 g/mol. The Hall–Kier alpha value is -0.590. The normalized spacial score (nSPS) is 29.6. The minimum absolute atomic E-state index is 0.635. The smallest absolute Gasteiger partial charge is 0.101 e. The van der Waals surface area contributed by atoms with Crippen LogP contribution in [0.25, 0.3) is 0 Å². The molecule has 17 heavy (non-hydrogen) atoms. The molecule has 0 spiro atoms. The maximum Gasteiger partial charge on any atom is 0.101 e. The number of nitrogens with two attached hydrogens (primary N) is 1. The number of piperidine rings is 1. The number of likely N-dealkylation sites (tertiary alicyclic amines) is 1. The predicted molar refractivity (Wildman–Crippen MR) is 71.4 cm³/mol. The number of rotatable bonds is 5. The molecule has 0 radical (unpaired) electrons.